The Labute approximate surface area is 105 Å². The number of hydrogen-bond acceptors (Lipinski definition) is 3. The molecular weight excluding hydrogens is 237 g/mol. The van der Waals surface area contributed by atoms with Crippen LogP contribution in [0.15, 0.2) is 18.2 Å². The first-order chi connectivity index (χ1) is 8.54. The Morgan fingerprint density at radius 2 is 2.39 bits per heavy atom. The number of hydrogen-bond donors (Lipinski definition) is 2. The SMILES string of the molecule is C#CCNC(=O)COc1ccc(C(C)O)c(F)c1. The molecule has 2 N–H and O–H groups in total. The Bertz CT molecular complexity index is 466. The highest BCUT2D eigenvalue weighted by Gasteiger charge is 2.09. The van der Waals surface area contributed by atoms with Gasteiger partial charge in [0.25, 0.3) is 5.91 Å². The Balaban J connectivity index is 2.56. The van der Waals surface area contributed by atoms with Gasteiger partial charge in [-0.15, -0.1) is 6.42 Å². The summed E-state index contributed by atoms with van der Waals surface area (Å²) in [6.07, 6.45) is 4.08. The number of rotatable bonds is 5. The van der Waals surface area contributed by atoms with Crippen molar-refractivity contribution in [3.8, 4) is 18.1 Å². The van der Waals surface area contributed by atoms with E-state index in [0.717, 1.165) is 6.07 Å². The molecule has 1 rings (SSSR count). The van der Waals surface area contributed by atoms with Gasteiger partial charge in [0.15, 0.2) is 6.61 Å². The van der Waals surface area contributed by atoms with E-state index < -0.39 is 11.9 Å². The van der Waals surface area contributed by atoms with Crippen LogP contribution in [0.25, 0.3) is 0 Å². The lowest BCUT2D eigenvalue weighted by Crippen LogP contribution is -2.29. The maximum atomic E-state index is 13.5. The van der Waals surface area contributed by atoms with Gasteiger partial charge in [-0.25, -0.2) is 4.39 Å². The van der Waals surface area contributed by atoms with E-state index in [1.165, 1.54) is 19.1 Å². The molecule has 0 saturated heterocycles. The fourth-order valence-corrected chi connectivity index (χ4v) is 1.29. The van der Waals surface area contributed by atoms with E-state index in [-0.39, 0.29) is 30.4 Å². The van der Waals surface area contributed by atoms with Gasteiger partial charge in [0, 0.05) is 11.6 Å². The number of amides is 1. The first kappa shape index (κ1) is 14.0. The van der Waals surface area contributed by atoms with Gasteiger partial charge in [0.2, 0.25) is 0 Å². The maximum absolute atomic E-state index is 13.5. The van der Waals surface area contributed by atoms with Gasteiger partial charge in [0.1, 0.15) is 11.6 Å². The highest BCUT2D eigenvalue weighted by atomic mass is 19.1. The van der Waals surface area contributed by atoms with E-state index >= 15 is 0 Å². The zero-order valence-corrected chi connectivity index (χ0v) is 9.94. The van der Waals surface area contributed by atoms with Crippen molar-refractivity contribution in [2.45, 2.75) is 13.0 Å². The summed E-state index contributed by atoms with van der Waals surface area (Å²) in [5, 5.41) is 11.7. The van der Waals surface area contributed by atoms with Gasteiger partial charge >= 0.3 is 0 Å². The molecule has 0 aliphatic rings. The van der Waals surface area contributed by atoms with Crippen LogP contribution in [0.5, 0.6) is 5.75 Å². The average Bonchev–Trinajstić information content (AvgIpc) is 2.33. The number of carbonyl (C=O) groups excluding carboxylic acids is 1. The molecular formula is C13H14FNO3. The quantitative estimate of drug-likeness (QED) is 0.768. The van der Waals surface area contributed by atoms with E-state index in [9.17, 15) is 14.3 Å². The molecule has 0 spiro atoms. The lowest BCUT2D eigenvalue weighted by atomic mass is 10.1. The number of carbonyl (C=O) groups is 1. The molecule has 0 bridgehead atoms. The fraction of sp³-hybridized carbons (Fsp3) is 0.308. The van der Waals surface area contributed by atoms with Crippen LogP contribution in [0.1, 0.15) is 18.6 Å². The topological polar surface area (TPSA) is 58.6 Å². The second-order valence-corrected chi connectivity index (χ2v) is 3.63. The van der Waals surface area contributed by atoms with Gasteiger partial charge in [-0.1, -0.05) is 5.92 Å². The predicted molar refractivity (Wildman–Crippen MR) is 64.4 cm³/mol. The summed E-state index contributed by atoms with van der Waals surface area (Å²) < 4.78 is 18.5. The molecule has 0 aliphatic heterocycles. The maximum Gasteiger partial charge on any atom is 0.258 e. The monoisotopic (exact) mass is 251 g/mol. The molecule has 4 nitrogen and oxygen atoms in total. The van der Waals surface area contributed by atoms with Crippen molar-refractivity contribution < 1.29 is 19.0 Å². The van der Waals surface area contributed by atoms with Gasteiger partial charge in [-0.2, -0.15) is 0 Å². The van der Waals surface area contributed by atoms with Gasteiger partial charge in [-0.05, 0) is 19.1 Å². The summed E-state index contributed by atoms with van der Waals surface area (Å²) in [6, 6.07) is 4.02. The molecule has 5 heteroatoms. The van der Waals surface area contributed by atoms with Crippen molar-refractivity contribution in [1.29, 1.82) is 0 Å². The van der Waals surface area contributed by atoms with Crippen LogP contribution < -0.4 is 10.1 Å². The summed E-state index contributed by atoms with van der Waals surface area (Å²) >= 11 is 0. The van der Waals surface area contributed by atoms with E-state index in [4.69, 9.17) is 11.2 Å². The van der Waals surface area contributed by atoms with E-state index in [2.05, 4.69) is 11.2 Å². The number of benzene rings is 1. The zero-order chi connectivity index (χ0) is 13.5. The summed E-state index contributed by atoms with van der Waals surface area (Å²) in [6.45, 7) is 1.35. The molecule has 1 aromatic rings. The zero-order valence-electron chi connectivity index (χ0n) is 9.94. The fourth-order valence-electron chi connectivity index (χ4n) is 1.29. The summed E-state index contributed by atoms with van der Waals surface area (Å²) in [5.74, 6) is 1.51. The van der Waals surface area contributed by atoms with Crippen molar-refractivity contribution in [3.05, 3.63) is 29.6 Å². The normalized spacial score (nSPS) is 11.4. The van der Waals surface area contributed by atoms with Crippen molar-refractivity contribution in [3.63, 3.8) is 0 Å². The van der Waals surface area contributed by atoms with Gasteiger partial charge in [0.05, 0.1) is 12.6 Å². The third-order valence-corrected chi connectivity index (χ3v) is 2.18. The number of nitrogens with one attached hydrogen (secondary N) is 1. The Kier molecular flexibility index (Phi) is 5.15. The van der Waals surface area contributed by atoms with Crippen LogP contribution in [0, 0.1) is 18.2 Å². The van der Waals surface area contributed by atoms with Gasteiger partial charge in [-0.3, -0.25) is 4.79 Å². The predicted octanol–water partition coefficient (Wildman–Crippen LogP) is 1.01. The van der Waals surface area contributed by atoms with Crippen LogP contribution in [0.2, 0.25) is 0 Å². The number of halogens is 1. The Morgan fingerprint density at radius 1 is 1.67 bits per heavy atom. The smallest absolute Gasteiger partial charge is 0.258 e. The largest absolute Gasteiger partial charge is 0.484 e. The molecule has 1 amide bonds. The van der Waals surface area contributed by atoms with Crippen molar-refractivity contribution in [2.24, 2.45) is 0 Å². The van der Waals surface area contributed by atoms with Crippen molar-refractivity contribution in [1.82, 2.24) is 5.32 Å². The van der Waals surface area contributed by atoms with Crippen LogP contribution in [0.4, 0.5) is 4.39 Å². The summed E-state index contributed by atoms with van der Waals surface area (Å²) in [7, 11) is 0. The average molecular weight is 251 g/mol. The highest BCUT2D eigenvalue weighted by molar-refractivity contribution is 5.77. The second-order valence-electron chi connectivity index (χ2n) is 3.63. The number of aliphatic hydroxyl groups excluding tert-OH is 1. The standard InChI is InChI=1S/C13H14FNO3/c1-3-6-15-13(17)8-18-10-4-5-11(9(2)16)12(14)7-10/h1,4-5,7,9,16H,6,8H2,2H3,(H,15,17). The third kappa shape index (κ3) is 4.07. The van der Waals surface area contributed by atoms with Crippen LogP contribution in [0.3, 0.4) is 0 Å². The minimum Gasteiger partial charge on any atom is -0.484 e. The van der Waals surface area contributed by atoms with E-state index in [0.29, 0.717) is 0 Å². The first-order valence-electron chi connectivity index (χ1n) is 5.35. The van der Waals surface area contributed by atoms with Crippen LogP contribution in [-0.4, -0.2) is 24.2 Å². The molecule has 1 unspecified atom stereocenters. The molecule has 0 fully saturated rings. The summed E-state index contributed by atoms with van der Waals surface area (Å²) in [5.41, 5.74) is 0.180. The van der Waals surface area contributed by atoms with Gasteiger partial charge < -0.3 is 15.2 Å². The Morgan fingerprint density at radius 3 is 2.94 bits per heavy atom. The molecule has 0 radical (unpaired) electrons. The number of aliphatic hydroxyl groups is 1. The van der Waals surface area contributed by atoms with E-state index in [1.54, 1.807) is 0 Å². The second kappa shape index (κ2) is 6.62. The van der Waals surface area contributed by atoms with Crippen LogP contribution in [-0.2, 0) is 4.79 Å². The minimum atomic E-state index is -0.891. The highest BCUT2D eigenvalue weighted by Crippen LogP contribution is 2.21. The number of terminal acetylenes is 1. The van der Waals surface area contributed by atoms with Crippen LogP contribution >= 0.6 is 0 Å². The molecule has 1 aromatic carbocycles. The molecule has 0 saturated carbocycles. The summed E-state index contributed by atoms with van der Waals surface area (Å²) in [4.78, 5) is 11.2. The molecule has 0 aromatic heterocycles. The lowest BCUT2D eigenvalue weighted by molar-refractivity contribution is -0.122. The van der Waals surface area contributed by atoms with E-state index in [1.807, 2.05) is 0 Å². The number of ether oxygens (including phenoxy) is 1. The first-order valence-corrected chi connectivity index (χ1v) is 5.35. The lowest BCUT2D eigenvalue weighted by Gasteiger charge is -2.09. The molecule has 18 heavy (non-hydrogen) atoms. The van der Waals surface area contributed by atoms with Crippen molar-refractivity contribution >= 4 is 5.91 Å². The molecule has 0 heterocycles. The molecule has 1 atom stereocenters. The third-order valence-electron chi connectivity index (χ3n) is 2.18. The Hall–Kier alpha value is -2.06. The van der Waals surface area contributed by atoms with Crippen molar-refractivity contribution in [2.75, 3.05) is 13.2 Å². The molecule has 0 aliphatic carbocycles. The molecule has 96 valence electrons. The minimum absolute atomic E-state index is 0.123.